The zero-order chi connectivity index (χ0) is 15.4. The molecule has 0 amide bonds. The Kier molecular flexibility index (Phi) is 3.56. The Morgan fingerprint density at radius 3 is 2.27 bits per heavy atom. The Balaban J connectivity index is 1.34. The van der Waals surface area contributed by atoms with Crippen LogP contribution in [0.4, 0.5) is 0 Å². The van der Waals surface area contributed by atoms with Crippen molar-refractivity contribution in [2.75, 3.05) is 6.54 Å². The number of rotatable bonds is 4. The van der Waals surface area contributed by atoms with E-state index in [4.69, 9.17) is 5.11 Å². The molecule has 0 radical (unpaired) electrons. The number of carboxylic acids is 1. The van der Waals surface area contributed by atoms with Crippen molar-refractivity contribution in [2.24, 2.45) is 28.6 Å². The molecule has 5 fully saturated rings. The van der Waals surface area contributed by atoms with Crippen molar-refractivity contribution in [1.82, 2.24) is 5.32 Å². The molecule has 5 aliphatic carbocycles. The molecule has 3 nitrogen and oxygen atoms in total. The number of carboxylic acid groups (broad SMARTS) is 1. The van der Waals surface area contributed by atoms with E-state index in [9.17, 15) is 4.79 Å². The Labute approximate surface area is 134 Å². The number of hydrogen-bond donors (Lipinski definition) is 2. The normalized spacial score (nSPS) is 50.2. The summed E-state index contributed by atoms with van der Waals surface area (Å²) in [5.74, 6) is 1.32. The van der Waals surface area contributed by atoms with E-state index < -0.39 is 5.97 Å². The molecule has 0 spiro atoms. The molecule has 0 aromatic carbocycles. The highest BCUT2D eigenvalue weighted by Gasteiger charge is 2.55. The van der Waals surface area contributed by atoms with Crippen molar-refractivity contribution in [3.63, 3.8) is 0 Å². The first-order chi connectivity index (χ1) is 10.5. The average molecular weight is 305 g/mol. The van der Waals surface area contributed by atoms with Gasteiger partial charge in [-0.15, -0.1) is 0 Å². The summed E-state index contributed by atoms with van der Waals surface area (Å²) in [5, 5.41) is 13.0. The topological polar surface area (TPSA) is 49.3 Å². The highest BCUT2D eigenvalue weighted by atomic mass is 16.4. The van der Waals surface area contributed by atoms with E-state index in [0.29, 0.717) is 16.9 Å². The van der Waals surface area contributed by atoms with Crippen LogP contribution in [0.25, 0.3) is 0 Å². The molecule has 4 bridgehead atoms. The maximum Gasteiger partial charge on any atom is 0.306 e. The van der Waals surface area contributed by atoms with Gasteiger partial charge in [-0.05, 0) is 86.9 Å². The van der Waals surface area contributed by atoms with Crippen LogP contribution < -0.4 is 5.32 Å². The lowest BCUT2D eigenvalue weighted by atomic mass is 9.44. The minimum absolute atomic E-state index is 0.0866. The van der Waals surface area contributed by atoms with Gasteiger partial charge in [0, 0.05) is 12.6 Å². The van der Waals surface area contributed by atoms with E-state index in [-0.39, 0.29) is 5.92 Å². The molecule has 5 saturated carbocycles. The molecule has 124 valence electrons. The van der Waals surface area contributed by atoms with E-state index in [2.05, 4.69) is 12.2 Å². The van der Waals surface area contributed by atoms with Crippen molar-refractivity contribution < 1.29 is 9.90 Å². The summed E-state index contributed by atoms with van der Waals surface area (Å²) in [6.45, 7) is 3.73. The molecule has 0 aromatic rings. The largest absolute Gasteiger partial charge is 0.481 e. The third-order valence-corrected chi connectivity index (χ3v) is 7.32. The SMILES string of the molecule is CC12CC3CC(C1)CC(CNC1CCC(C(=O)O)CC1)(C3)C2. The van der Waals surface area contributed by atoms with E-state index >= 15 is 0 Å². The van der Waals surface area contributed by atoms with Crippen LogP contribution in [0.5, 0.6) is 0 Å². The van der Waals surface area contributed by atoms with Crippen molar-refractivity contribution in [3.05, 3.63) is 0 Å². The first-order valence-electron chi connectivity index (χ1n) is 9.42. The summed E-state index contributed by atoms with van der Waals surface area (Å²) in [7, 11) is 0. The van der Waals surface area contributed by atoms with Crippen LogP contribution in [0.15, 0.2) is 0 Å². The predicted octanol–water partition coefficient (Wildman–Crippen LogP) is 3.83. The fourth-order valence-electron chi connectivity index (χ4n) is 7.04. The van der Waals surface area contributed by atoms with Gasteiger partial charge in [0.2, 0.25) is 0 Å². The maximum atomic E-state index is 11.1. The summed E-state index contributed by atoms with van der Waals surface area (Å²) < 4.78 is 0. The maximum absolute atomic E-state index is 11.1. The first-order valence-corrected chi connectivity index (χ1v) is 9.42. The first kappa shape index (κ1) is 15.0. The van der Waals surface area contributed by atoms with E-state index in [1.54, 1.807) is 0 Å². The van der Waals surface area contributed by atoms with Crippen molar-refractivity contribution in [2.45, 2.75) is 77.2 Å². The lowest BCUT2D eigenvalue weighted by Crippen LogP contribution is -2.55. The summed E-state index contributed by atoms with van der Waals surface area (Å²) >= 11 is 0. The predicted molar refractivity (Wildman–Crippen MR) is 86.6 cm³/mol. The Morgan fingerprint density at radius 1 is 1.09 bits per heavy atom. The number of aliphatic carboxylic acids is 1. The smallest absolute Gasteiger partial charge is 0.306 e. The van der Waals surface area contributed by atoms with E-state index in [0.717, 1.165) is 37.5 Å². The van der Waals surface area contributed by atoms with Gasteiger partial charge in [0.05, 0.1) is 5.92 Å². The van der Waals surface area contributed by atoms with E-state index in [1.165, 1.54) is 45.1 Å². The van der Waals surface area contributed by atoms with Crippen LogP contribution in [0.3, 0.4) is 0 Å². The molecule has 0 saturated heterocycles. The van der Waals surface area contributed by atoms with Crippen molar-refractivity contribution in [3.8, 4) is 0 Å². The summed E-state index contributed by atoms with van der Waals surface area (Å²) in [6, 6.07) is 0.566. The molecule has 0 heterocycles. The third kappa shape index (κ3) is 2.70. The second-order valence-corrected chi connectivity index (χ2v) is 9.54. The standard InChI is InChI=1S/C19H31NO2/c1-18-7-13-6-14(8-18)10-19(9-13,11-18)12-20-16-4-2-15(3-5-16)17(21)22/h13-16,20H,2-12H2,1H3,(H,21,22). The monoisotopic (exact) mass is 305 g/mol. The molecule has 5 rings (SSSR count). The minimum Gasteiger partial charge on any atom is -0.481 e. The summed E-state index contributed by atoms with van der Waals surface area (Å²) in [4.78, 5) is 11.1. The third-order valence-electron chi connectivity index (χ3n) is 7.32. The van der Waals surface area contributed by atoms with Crippen LogP contribution in [0.2, 0.25) is 0 Å². The van der Waals surface area contributed by atoms with Gasteiger partial charge in [0.1, 0.15) is 0 Å². The second kappa shape index (κ2) is 5.22. The number of hydrogen-bond acceptors (Lipinski definition) is 2. The molecular formula is C19H31NO2. The highest BCUT2D eigenvalue weighted by Crippen LogP contribution is 2.64. The number of nitrogens with one attached hydrogen (secondary N) is 1. The van der Waals surface area contributed by atoms with Gasteiger partial charge in [0.15, 0.2) is 0 Å². The average Bonchev–Trinajstić information content (AvgIpc) is 2.43. The minimum atomic E-state index is -0.590. The lowest BCUT2D eigenvalue weighted by molar-refractivity contribution is -0.143. The van der Waals surface area contributed by atoms with Gasteiger partial charge >= 0.3 is 5.97 Å². The highest BCUT2D eigenvalue weighted by molar-refractivity contribution is 5.70. The van der Waals surface area contributed by atoms with Gasteiger partial charge in [-0.3, -0.25) is 4.79 Å². The number of carbonyl (C=O) groups is 1. The van der Waals surface area contributed by atoms with Crippen LogP contribution >= 0.6 is 0 Å². The van der Waals surface area contributed by atoms with Gasteiger partial charge in [0.25, 0.3) is 0 Å². The zero-order valence-corrected chi connectivity index (χ0v) is 13.9. The molecule has 22 heavy (non-hydrogen) atoms. The van der Waals surface area contributed by atoms with Crippen LogP contribution in [0, 0.1) is 28.6 Å². The van der Waals surface area contributed by atoms with Crippen LogP contribution in [0.1, 0.15) is 71.1 Å². The molecule has 2 atom stereocenters. The molecular weight excluding hydrogens is 274 g/mol. The molecule has 0 aliphatic heterocycles. The van der Waals surface area contributed by atoms with Crippen LogP contribution in [-0.2, 0) is 4.79 Å². The van der Waals surface area contributed by atoms with E-state index in [1.807, 2.05) is 0 Å². The Morgan fingerprint density at radius 2 is 1.73 bits per heavy atom. The summed E-state index contributed by atoms with van der Waals surface area (Å²) in [6.07, 6.45) is 12.6. The van der Waals surface area contributed by atoms with Gasteiger partial charge in [-0.25, -0.2) is 0 Å². The van der Waals surface area contributed by atoms with Crippen molar-refractivity contribution in [1.29, 1.82) is 0 Å². The second-order valence-electron chi connectivity index (χ2n) is 9.54. The molecule has 2 unspecified atom stereocenters. The molecule has 5 aliphatic rings. The van der Waals surface area contributed by atoms with Crippen LogP contribution in [-0.4, -0.2) is 23.7 Å². The molecule has 2 N–H and O–H groups in total. The Hall–Kier alpha value is -0.570. The zero-order valence-electron chi connectivity index (χ0n) is 13.9. The molecule has 0 aromatic heterocycles. The quantitative estimate of drug-likeness (QED) is 0.830. The lowest BCUT2D eigenvalue weighted by Gasteiger charge is -2.61. The fourth-order valence-corrected chi connectivity index (χ4v) is 7.04. The fraction of sp³-hybridized carbons (Fsp3) is 0.947. The Bertz CT molecular complexity index is 438. The van der Waals surface area contributed by atoms with Gasteiger partial charge < -0.3 is 10.4 Å². The molecule has 3 heteroatoms. The van der Waals surface area contributed by atoms with Gasteiger partial charge in [-0.2, -0.15) is 0 Å². The van der Waals surface area contributed by atoms with Crippen molar-refractivity contribution >= 4 is 5.97 Å². The van der Waals surface area contributed by atoms with Gasteiger partial charge in [-0.1, -0.05) is 6.92 Å². The summed E-state index contributed by atoms with van der Waals surface area (Å²) in [5.41, 5.74) is 1.20.